The summed E-state index contributed by atoms with van der Waals surface area (Å²) in [5.74, 6) is 0. The molecule has 0 spiro atoms. The molecular formula is C21H19N. The van der Waals surface area contributed by atoms with Crippen LogP contribution >= 0.6 is 0 Å². The minimum absolute atomic E-state index is 0.119. The Balaban J connectivity index is 2.06. The second-order valence-electron chi connectivity index (χ2n) is 6.29. The van der Waals surface area contributed by atoms with Crippen LogP contribution in [0.2, 0.25) is 0 Å². The van der Waals surface area contributed by atoms with Crippen molar-refractivity contribution in [3.8, 4) is 11.1 Å². The third-order valence-corrected chi connectivity index (χ3v) is 5.07. The molecule has 0 amide bonds. The average molecular weight is 285 g/mol. The minimum atomic E-state index is -0.119. The van der Waals surface area contributed by atoms with Gasteiger partial charge in [0.15, 0.2) is 0 Å². The van der Waals surface area contributed by atoms with E-state index >= 15 is 0 Å². The number of rotatable bonds is 1. The molecule has 0 saturated heterocycles. The maximum atomic E-state index is 6.02. The van der Waals surface area contributed by atoms with Crippen LogP contribution in [0.15, 0.2) is 66.7 Å². The van der Waals surface area contributed by atoms with Gasteiger partial charge in [-0.25, -0.2) is 0 Å². The fourth-order valence-electron chi connectivity index (χ4n) is 3.75. The molecule has 0 saturated carbocycles. The zero-order valence-electron chi connectivity index (χ0n) is 12.9. The number of benzene rings is 3. The van der Waals surface area contributed by atoms with Crippen LogP contribution in [-0.2, 0) is 5.41 Å². The van der Waals surface area contributed by atoms with Crippen LogP contribution in [0.25, 0.3) is 11.1 Å². The highest BCUT2D eigenvalue weighted by Crippen LogP contribution is 2.52. The summed E-state index contributed by atoms with van der Waals surface area (Å²) in [5.41, 5.74) is 14.6. The Morgan fingerprint density at radius 3 is 1.86 bits per heavy atom. The highest BCUT2D eigenvalue weighted by atomic mass is 14.6. The van der Waals surface area contributed by atoms with Gasteiger partial charge in [-0.15, -0.1) is 0 Å². The lowest BCUT2D eigenvalue weighted by atomic mass is 9.74. The van der Waals surface area contributed by atoms with Gasteiger partial charge in [-0.3, -0.25) is 0 Å². The molecule has 108 valence electrons. The lowest BCUT2D eigenvalue weighted by Gasteiger charge is -2.28. The Bertz CT molecular complexity index is 831. The fourth-order valence-corrected chi connectivity index (χ4v) is 3.75. The van der Waals surface area contributed by atoms with Gasteiger partial charge in [0.05, 0.1) is 0 Å². The smallest absolute Gasteiger partial charge is 0.0435 e. The number of anilines is 1. The van der Waals surface area contributed by atoms with Crippen LogP contribution in [-0.4, -0.2) is 0 Å². The zero-order chi connectivity index (χ0) is 15.3. The summed E-state index contributed by atoms with van der Waals surface area (Å²) >= 11 is 0. The molecule has 4 rings (SSSR count). The predicted octanol–water partition coefficient (Wildman–Crippen LogP) is 4.91. The molecular weight excluding hydrogens is 266 g/mol. The highest BCUT2D eigenvalue weighted by Gasteiger charge is 2.40. The SMILES string of the molecule is Cc1cc(C2(C)c3ccccc3-c3ccccc32)ccc1N. The molecule has 3 aromatic carbocycles. The van der Waals surface area contributed by atoms with Crippen molar-refractivity contribution in [1.29, 1.82) is 0 Å². The molecule has 0 heterocycles. The number of nitrogen functional groups attached to an aromatic ring is 1. The first kappa shape index (κ1) is 13.1. The standard InChI is InChI=1S/C21H19N/c1-14-13-15(11-12-20(14)22)21(2)18-9-5-3-7-16(18)17-8-4-6-10-19(17)21/h3-13H,22H2,1-2H3. The Morgan fingerprint density at radius 2 is 1.32 bits per heavy atom. The van der Waals surface area contributed by atoms with Gasteiger partial charge in [0.2, 0.25) is 0 Å². The molecule has 1 aliphatic carbocycles. The fraction of sp³-hybridized carbons (Fsp3) is 0.143. The molecule has 0 aromatic heterocycles. The Hall–Kier alpha value is -2.54. The van der Waals surface area contributed by atoms with E-state index in [2.05, 4.69) is 74.5 Å². The van der Waals surface area contributed by atoms with E-state index in [1.54, 1.807) is 0 Å². The number of nitrogens with two attached hydrogens (primary N) is 1. The van der Waals surface area contributed by atoms with Crippen molar-refractivity contribution in [3.63, 3.8) is 0 Å². The third kappa shape index (κ3) is 1.59. The Labute approximate surface area is 131 Å². The molecule has 0 atom stereocenters. The quantitative estimate of drug-likeness (QED) is 0.631. The summed E-state index contributed by atoms with van der Waals surface area (Å²) in [6.45, 7) is 4.40. The normalized spacial score (nSPS) is 14.5. The molecule has 0 unspecified atom stereocenters. The van der Waals surface area contributed by atoms with Crippen LogP contribution < -0.4 is 5.73 Å². The summed E-state index contributed by atoms with van der Waals surface area (Å²) in [6.07, 6.45) is 0. The van der Waals surface area contributed by atoms with Crippen molar-refractivity contribution in [2.45, 2.75) is 19.3 Å². The summed E-state index contributed by atoms with van der Waals surface area (Å²) < 4.78 is 0. The summed E-state index contributed by atoms with van der Waals surface area (Å²) in [5, 5.41) is 0. The van der Waals surface area contributed by atoms with Crippen LogP contribution in [0.5, 0.6) is 0 Å². The molecule has 0 aliphatic heterocycles. The Kier molecular flexibility index (Phi) is 2.67. The molecule has 1 nitrogen and oxygen atoms in total. The molecule has 2 N–H and O–H groups in total. The van der Waals surface area contributed by atoms with Gasteiger partial charge in [0.25, 0.3) is 0 Å². The van der Waals surface area contributed by atoms with Gasteiger partial charge in [0.1, 0.15) is 0 Å². The summed E-state index contributed by atoms with van der Waals surface area (Å²) in [7, 11) is 0. The molecule has 3 aromatic rings. The number of hydrogen-bond acceptors (Lipinski definition) is 1. The molecule has 0 radical (unpaired) electrons. The summed E-state index contributed by atoms with van der Waals surface area (Å²) in [6, 6.07) is 23.9. The highest BCUT2D eigenvalue weighted by molar-refractivity contribution is 5.83. The molecule has 1 aliphatic rings. The number of hydrogen-bond donors (Lipinski definition) is 1. The van der Waals surface area contributed by atoms with E-state index in [4.69, 9.17) is 5.73 Å². The maximum absolute atomic E-state index is 6.02. The first-order valence-corrected chi connectivity index (χ1v) is 7.68. The van der Waals surface area contributed by atoms with Crippen LogP contribution in [0.4, 0.5) is 5.69 Å². The minimum Gasteiger partial charge on any atom is -0.399 e. The first-order valence-electron chi connectivity index (χ1n) is 7.68. The zero-order valence-corrected chi connectivity index (χ0v) is 12.9. The average Bonchev–Trinajstić information content (AvgIpc) is 2.82. The van der Waals surface area contributed by atoms with Gasteiger partial charge in [0, 0.05) is 11.1 Å². The molecule has 1 heteroatoms. The Morgan fingerprint density at radius 1 is 0.773 bits per heavy atom. The maximum Gasteiger partial charge on any atom is 0.0435 e. The van der Waals surface area contributed by atoms with Crippen molar-refractivity contribution in [2.75, 3.05) is 5.73 Å². The van der Waals surface area contributed by atoms with Crippen molar-refractivity contribution in [1.82, 2.24) is 0 Å². The van der Waals surface area contributed by atoms with Gasteiger partial charge in [-0.1, -0.05) is 60.7 Å². The van der Waals surface area contributed by atoms with E-state index in [1.165, 1.54) is 27.8 Å². The van der Waals surface area contributed by atoms with Gasteiger partial charge < -0.3 is 5.73 Å². The monoisotopic (exact) mass is 285 g/mol. The van der Waals surface area contributed by atoms with Crippen molar-refractivity contribution < 1.29 is 0 Å². The number of fused-ring (bicyclic) bond motifs is 3. The largest absolute Gasteiger partial charge is 0.399 e. The second-order valence-corrected chi connectivity index (χ2v) is 6.29. The molecule has 0 bridgehead atoms. The van der Waals surface area contributed by atoms with Gasteiger partial charge >= 0.3 is 0 Å². The van der Waals surface area contributed by atoms with E-state index in [0.29, 0.717) is 0 Å². The van der Waals surface area contributed by atoms with E-state index in [9.17, 15) is 0 Å². The van der Waals surface area contributed by atoms with Crippen molar-refractivity contribution in [2.24, 2.45) is 0 Å². The van der Waals surface area contributed by atoms with E-state index in [-0.39, 0.29) is 5.41 Å². The third-order valence-electron chi connectivity index (χ3n) is 5.07. The lowest BCUT2D eigenvalue weighted by Crippen LogP contribution is -2.22. The van der Waals surface area contributed by atoms with Crippen LogP contribution in [0.1, 0.15) is 29.2 Å². The van der Waals surface area contributed by atoms with E-state index in [1.807, 2.05) is 6.07 Å². The summed E-state index contributed by atoms with van der Waals surface area (Å²) in [4.78, 5) is 0. The topological polar surface area (TPSA) is 26.0 Å². The van der Waals surface area contributed by atoms with Crippen LogP contribution in [0.3, 0.4) is 0 Å². The van der Waals surface area contributed by atoms with E-state index in [0.717, 1.165) is 11.3 Å². The second kappa shape index (κ2) is 4.48. The van der Waals surface area contributed by atoms with Gasteiger partial charge in [-0.05, 0) is 53.3 Å². The predicted molar refractivity (Wildman–Crippen MR) is 93.0 cm³/mol. The molecule has 0 fully saturated rings. The molecule has 22 heavy (non-hydrogen) atoms. The van der Waals surface area contributed by atoms with Crippen LogP contribution in [0, 0.1) is 6.92 Å². The lowest BCUT2D eigenvalue weighted by molar-refractivity contribution is 0.713. The first-order chi connectivity index (χ1) is 10.6. The van der Waals surface area contributed by atoms with Crippen molar-refractivity contribution >= 4 is 5.69 Å². The number of aryl methyl sites for hydroxylation is 1. The van der Waals surface area contributed by atoms with Gasteiger partial charge in [-0.2, -0.15) is 0 Å². The van der Waals surface area contributed by atoms with Crippen molar-refractivity contribution in [3.05, 3.63) is 89.0 Å². The van der Waals surface area contributed by atoms with E-state index < -0.39 is 0 Å².